The van der Waals surface area contributed by atoms with Gasteiger partial charge in [-0.05, 0) is 24.4 Å². The topological polar surface area (TPSA) is 37.8 Å². The zero-order chi connectivity index (χ0) is 11.7. The maximum absolute atomic E-state index is 4.37. The van der Waals surface area contributed by atoms with E-state index < -0.39 is 0 Å². The molecule has 3 heterocycles. The van der Waals surface area contributed by atoms with Crippen molar-refractivity contribution in [3.8, 4) is 0 Å². The Morgan fingerprint density at radius 3 is 3.06 bits per heavy atom. The summed E-state index contributed by atoms with van der Waals surface area (Å²) in [6.07, 6.45) is 3.74. The van der Waals surface area contributed by atoms with Gasteiger partial charge in [0, 0.05) is 27.4 Å². The molecule has 17 heavy (non-hydrogen) atoms. The fourth-order valence-corrected chi connectivity index (χ4v) is 3.19. The first-order valence-electron chi connectivity index (χ1n) is 5.30. The molecule has 0 saturated carbocycles. The molecule has 0 spiro atoms. The summed E-state index contributed by atoms with van der Waals surface area (Å²) in [7, 11) is 0. The van der Waals surface area contributed by atoms with Crippen LogP contribution < -0.4 is 5.32 Å². The summed E-state index contributed by atoms with van der Waals surface area (Å²) in [5.41, 5.74) is 0. The summed E-state index contributed by atoms with van der Waals surface area (Å²) in [6.45, 7) is 2.81. The Hall–Kier alpha value is -1.46. The molecule has 0 atom stereocenters. The normalized spacial score (nSPS) is 10.9. The Morgan fingerprint density at radius 2 is 2.24 bits per heavy atom. The molecule has 0 radical (unpaired) electrons. The highest BCUT2D eigenvalue weighted by Crippen LogP contribution is 2.26. The van der Waals surface area contributed by atoms with Gasteiger partial charge in [0.1, 0.15) is 10.8 Å². The lowest BCUT2D eigenvalue weighted by molar-refractivity contribution is 1.08. The van der Waals surface area contributed by atoms with E-state index in [1.807, 2.05) is 18.5 Å². The Kier molecular flexibility index (Phi) is 2.78. The van der Waals surface area contributed by atoms with E-state index in [1.165, 1.54) is 15.0 Å². The lowest BCUT2D eigenvalue weighted by Gasteiger charge is -2.04. The van der Waals surface area contributed by atoms with Crippen molar-refractivity contribution in [2.45, 2.75) is 13.5 Å². The van der Waals surface area contributed by atoms with Crippen molar-refractivity contribution in [2.75, 3.05) is 5.32 Å². The van der Waals surface area contributed by atoms with E-state index in [1.54, 1.807) is 22.7 Å². The third kappa shape index (κ3) is 2.16. The molecule has 0 fully saturated rings. The summed E-state index contributed by atoms with van der Waals surface area (Å²) < 4.78 is 1.26. The molecule has 3 aromatic rings. The van der Waals surface area contributed by atoms with Gasteiger partial charge in [0.05, 0.1) is 6.54 Å². The molecular weight excluding hydrogens is 250 g/mol. The Morgan fingerprint density at radius 1 is 1.29 bits per heavy atom. The highest BCUT2D eigenvalue weighted by atomic mass is 32.1. The molecule has 0 aliphatic carbocycles. The van der Waals surface area contributed by atoms with E-state index in [4.69, 9.17) is 0 Å². The lowest BCUT2D eigenvalue weighted by atomic mass is 10.3. The second-order valence-corrected chi connectivity index (χ2v) is 5.98. The number of aromatic nitrogens is 2. The first-order valence-corrected chi connectivity index (χ1v) is 7.00. The predicted molar refractivity (Wildman–Crippen MR) is 73.8 cm³/mol. The zero-order valence-corrected chi connectivity index (χ0v) is 10.9. The molecule has 86 valence electrons. The van der Waals surface area contributed by atoms with Gasteiger partial charge in [-0.15, -0.1) is 22.7 Å². The maximum Gasteiger partial charge on any atom is 0.135 e. The second-order valence-electron chi connectivity index (χ2n) is 3.71. The number of rotatable bonds is 3. The van der Waals surface area contributed by atoms with E-state index in [9.17, 15) is 0 Å². The number of hydrogen-bond acceptors (Lipinski definition) is 5. The van der Waals surface area contributed by atoms with Gasteiger partial charge in [-0.25, -0.2) is 9.97 Å². The van der Waals surface area contributed by atoms with Crippen LogP contribution in [0.25, 0.3) is 10.1 Å². The highest BCUT2D eigenvalue weighted by Gasteiger charge is 2.04. The Balaban J connectivity index is 1.83. The van der Waals surface area contributed by atoms with Crippen LogP contribution in [0.15, 0.2) is 29.9 Å². The SMILES string of the molecule is Cc1cnc(CNc2nccc3sccc23)s1. The van der Waals surface area contributed by atoms with Crippen molar-refractivity contribution >= 4 is 38.6 Å². The molecule has 0 aromatic carbocycles. The van der Waals surface area contributed by atoms with E-state index in [0.29, 0.717) is 0 Å². The van der Waals surface area contributed by atoms with Crippen LogP contribution in [0.2, 0.25) is 0 Å². The minimum absolute atomic E-state index is 0.737. The number of aryl methyl sites for hydroxylation is 1. The quantitative estimate of drug-likeness (QED) is 0.781. The molecule has 0 saturated heterocycles. The van der Waals surface area contributed by atoms with Crippen molar-refractivity contribution in [3.05, 3.63) is 39.8 Å². The van der Waals surface area contributed by atoms with Crippen LogP contribution in [0, 0.1) is 6.92 Å². The van der Waals surface area contributed by atoms with Gasteiger partial charge in [-0.2, -0.15) is 0 Å². The highest BCUT2D eigenvalue weighted by molar-refractivity contribution is 7.17. The molecular formula is C12H11N3S2. The first-order chi connectivity index (χ1) is 8.33. The number of pyridine rings is 1. The molecule has 5 heteroatoms. The number of fused-ring (bicyclic) bond motifs is 1. The predicted octanol–water partition coefficient (Wildman–Crippen LogP) is 3.67. The number of hydrogen-bond donors (Lipinski definition) is 1. The van der Waals surface area contributed by atoms with Gasteiger partial charge < -0.3 is 5.32 Å². The molecule has 0 amide bonds. The van der Waals surface area contributed by atoms with Gasteiger partial charge in [-0.3, -0.25) is 0 Å². The number of anilines is 1. The van der Waals surface area contributed by atoms with Crippen molar-refractivity contribution in [1.82, 2.24) is 9.97 Å². The van der Waals surface area contributed by atoms with Crippen molar-refractivity contribution in [3.63, 3.8) is 0 Å². The van der Waals surface area contributed by atoms with Gasteiger partial charge in [0.25, 0.3) is 0 Å². The van der Waals surface area contributed by atoms with E-state index in [0.717, 1.165) is 17.4 Å². The minimum atomic E-state index is 0.737. The second kappa shape index (κ2) is 4.43. The lowest BCUT2D eigenvalue weighted by Crippen LogP contribution is -2.00. The Bertz CT molecular complexity index is 642. The fraction of sp³-hybridized carbons (Fsp3) is 0.167. The molecule has 0 bridgehead atoms. The summed E-state index contributed by atoms with van der Waals surface area (Å²) in [4.78, 5) is 9.94. The Labute approximate surface area is 107 Å². The molecule has 3 aromatic heterocycles. The summed E-state index contributed by atoms with van der Waals surface area (Å²) >= 11 is 3.45. The standard InChI is InChI=1S/C12H11N3S2/c1-8-6-14-11(17-8)7-15-12-9-3-5-16-10(9)2-4-13-12/h2-6H,7H2,1H3,(H,13,15). The number of nitrogens with zero attached hydrogens (tertiary/aromatic N) is 2. The number of nitrogens with one attached hydrogen (secondary N) is 1. The average Bonchev–Trinajstić information content (AvgIpc) is 2.94. The van der Waals surface area contributed by atoms with Crippen molar-refractivity contribution < 1.29 is 0 Å². The van der Waals surface area contributed by atoms with E-state index in [2.05, 4.69) is 33.7 Å². The minimum Gasteiger partial charge on any atom is -0.363 e. The molecule has 0 aliphatic heterocycles. The van der Waals surface area contributed by atoms with Gasteiger partial charge in [0.15, 0.2) is 0 Å². The third-order valence-electron chi connectivity index (χ3n) is 2.46. The molecule has 3 rings (SSSR count). The van der Waals surface area contributed by atoms with E-state index in [-0.39, 0.29) is 0 Å². The fourth-order valence-electron chi connectivity index (χ4n) is 1.68. The maximum atomic E-state index is 4.37. The molecule has 1 N–H and O–H groups in total. The zero-order valence-electron chi connectivity index (χ0n) is 9.30. The number of thiophene rings is 1. The van der Waals surface area contributed by atoms with E-state index >= 15 is 0 Å². The summed E-state index contributed by atoms with van der Waals surface area (Å²) in [6, 6.07) is 4.14. The van der Waals surface area contributed by atoms with Crippen LogP contribution in [0.3, 0.4) is 0 Å². The largest absolute Gasteiger partial charge is 0.363 e. The summed E-state index contributed by atoms with van der Waals surface area (Å²) in [5.74, 6) is 0.941. The molecule has 0 unspecified atom stereocenters. The van der Waals surface area contributed by atoms with Crippen LogP contribution in [-0.4, -0.2) is 9.97 Å². The van der Waals surface area contributed by atoms with Crippen LogP contribution in [-0.2, 0) is 6.54 Å². The van der Waals surface area contributed by atoms with Crippen molar-refractivity contribution in [2.24, 2.45) is 0 Å². The first kappa shape index (κ1) is 10.7. The van der Waals surface area contributed by atoms with Gasteiger partial charge in [0.2, 0.25) is 0 Å². The number of thiazole rings is 1. The van der Waals surface area contributed by atoms with Crippen LogP contribution in [0.4, 0.5) is 5.82 Å². The third-order valence-corrected chi connectivity index (χ3v) is 4.25. The monoisotopic (exact) mass is 261 g/mol. The van der Waals surface area contributed by atoms with Crippen LogP contribution >= 0.6 is 22.7 Å². The van der Waals surface area contributed by atoms with Crippen LogP contribution in [0.1, 0.15) is 9.88 Å². The van der Waals surface area contributed by atoms with Crippen molar-refractivity contribution in [1.29, 1.82) is 0 Å². The average molecular weight is 261 g/mol. The van der Waals surface area contributed by atoms with Gasteiger partial charge >= 0.3 is 0 Å². The van der Waals surface area contributed by atoms with Crippen LogP contribution in [0.5, 0.6) is 0 Å². The van der Waals surface area contributed by atoms with Gasteiger partial charge in [-0.1, -0.05) is 0 Å². The summed E-state index contributed by atoms with van der Waals surface area (Å²) in [5, 5.41) is 7.72. The smallest absolute Gasteiger partial charge is 0.135 e. The molecule has 3 nitrogen and oxygen atoms in total. The molecule has 0 aliphatic rings.